The molecule has 6 nitrogen and oxygen atoms in total. The van der Waals surface area contributed by atoms with E-state index < -0.39 is 10.0 Å². The zero-order valence-electron chi connectivity index (χ0n) is 12.8. The number of pyridine rings is 1. The van der Waals surface area contributed by atoms with Crippen LogP contribution < -0.4 is 4.74 Å². The summed E-state index contributed by atoms with van der Waals surface area (Å²) >= 11 is 0. The molecule has 0 amide bonds. The van der Waals surface area contributed by atoms with Crippen LogP contribution in [0.3, 0.4) is 0 Å². The number of aromatic nitrogens is 1. The monoisotopic (exact) mass is 326 g/mol. The van der Waals surface area contributed by atoms with Gasteiger partial charge in [-0.25, -0.2) is 8.42 Å². The number of sulfonamides is 1. The van der Waals surface area contributed by atoms with Crippen LogP contribution in [-0.2, 0) is 14.8 Å². The van der Waals surface area contributed by atoms with Crippen molar-refractivity contribution in [2.24, 2.45) is 5.92 Å². The summed E-state index contributed by atoms with van der Waals surface area (Å²) in [6.07, 6.45) is 4.93. The second-order valence-electron chi connectivity index (χ2n) is 5.98. The lowest BCUT2D eigenvalue weighted by atomic mass is 9.83. The predicted molar refractivity (Wildman–Crippen MR) is 82.2 cm³/mol. The van der Waals surface area contributed by atoms with Crippen molar-refractivity contribution in [1.29, 1.82) is 0 Å². The van der Waals surface area contributed by atoms with Crippen LogP contribution in [0.2, 0.25) is 0 Å². The molecule has 122 valence electrons. The molecule has 0 aliphatic carbocycles. The van der Waals surface area contributed by atoms with Gasteiger partial charge in [-0.3, -0.25) is 4.98 Å². The molecule has 0 aromatic carbocycles. The standard InChI is InChI=1S/C15H22N2O4S/c1-2-8-22(18,19)17-11-15(12-17)13(5-7-21-15)10-20-14-4-3-6-16-9-14/h3-4,6,9,13H,2,5,7-8,10-12H2,1H3/t13-/m0/s1. The fourth-order valence-electron chi connectivity index (χ4n) is 3.13. The summed E-state index contributed by atoms with van der Waals surface area (Å²) in [6.45, 7) is 3.99. The lowest BCUT2D eigenvalue weighted by Gasteiger charge is -2.49. The summed E-state index contributed by atoms with van der Waals surface area (Å²) in [5.41, 5.74) is -0.358. The number of ether oxygens (including phenoxy) is 2. The van der Waals surface area contributed by atoms with E-state index in [1.807, 2.05) is 19.1 Å². The maximum atomic E-state index is 12.1. The molecule has 3 heterocycles. The molecular weight excluding hydrogens is 304 g/mol. The Morgan fingerprint density at radius 2 is 2.32 bits per heavy atom. The summed E-state index contributed by atoms with van der Waals surface area (Å²) in [4.78, 5) is 4.02. The fraction of sp³-hybridized carbons (Fsp3) is 0.667. The lowest BCUT2D eigenvalue weighted by molar-refractivity contribution is -0.107. The van der Waals surface area contributed by atoms with Gasteiger partial charge in [0.1, 0.15) is 11.4 Å². The van der Waals surface area contributed by atoms with Crippen molar-refractivity contribution in [2.45, 2.75) is 25.4 Å². The minimum Gasteiger partial charge on any atom is -0.492 e. The van der Waals surface area contributed by atoms with Crippen LogP contribution in [0.4, 0.5) is 0 Å². The van der Waals surface area contributed by atoms with Crippen molar-refractivity contribution in [3.8, 4) is 5.75 Å². The van der Waals surface area contributed by atoms with E-state index in [0.29, 0.717) is 32.7 Å². The van der Waals surface area contributed by atoms with Crippen molar-refractivity contribution in [3.63, 3.8) is 0 Å². The molecule has 2 saturated heterocycles. The molecule has 7 heteroatoms. The van der Waals surface area contributed by atoms with Gasteiger partial charge in [0.15, 0.2) is 0 Å². The highest BCUT2D eigenvalue weighted by Crippen LogP contribution is 2.41. The number of hydrogen-bond donors (Lipinski definition) is 0. The maximum absolute atomic E-state index is 12.1. The summed E-state index contributed by atoms with van der Waals surface area (Å²) in [7, 11) is -3.13. The van der Waals surface area contributed by atoms with Crippen molar-refractivity contribution < 1.29 is 17.9 Å². The Kier molecular flexibility index (Phi) is 4.38. The molecule has 3 rings (SSSR count). The molecule has 2 aliphatic rings. The zero-order chi connectivity index (χ0) is 15.6. The minimum absolute atomic E-state index is 0.208. The lowest BCUT2D eigenvalue weighted by Crippen LogP contribution is -2.66. The first-order valence-corrected chi connectivity index (χ1v) is 9.31. The second kappa shape index (κ2) is 6.14. The van der Waals surface area contributed by atoms with Gasteiger partial charge in [-0.1, -0.05) is 6.92 Å². The van der Waals surface area contributed by atoms with Gasteiger partial charge in [-0.15, -0.1) is 0 Å². The molecular formula is C15H22N2O4S. The van der Waals surface area contributed by atoms with Crippen LogP contribution >= 0.6 is 0 Å². The van der Waals surface area contributed by atoms with Gasteiger partial charge in [0.2, 0.25) is 10.0 Å². The van der Waals surface area contributed by atoms with Crippen molar-refractivity contribution in [3.05, 3.63) is 24.5 Å². The average Bonchev–Trinajstić information content (AvgIpc) is 2.88. The van der Waals surface area contributed by atoms with E-state index in [4.69, 9.17) is 9.47 Å². The number of nitrogens with zero attached hydrogens (tertiary/aromatic N) is 2. The Hall–Kier alpha value is -1.18. The first-order chi connectivity index (χ1) is 10.6. The van der Waals surface area contributed by atoms with Crippen LogP contribution in [-0.4, -0.2) is 55.4 Å². The first kappa shape index (κ1) is 15.7. The van der Waals surface area contributed by atoms with Crippen molar-refractivity contribution in [2.75, 3.05) is 32.1 Å². The molecule has 22 heavy (non-hydrogen) atoms. The molecule has 1 atom stereocenters. The van der Waals surface area contributed by atoms with Gasteiger partial charge in [0.05, 0.1) is 18.6 Å². The van der Waals surface area contributed by atoms with Gasteiger partial charge < -0.3 is 9.47 Å². The molecule has 0 radical (unpaired) electrons. The summed E-state index contributed by atoms with van der Waals surface area (Å²) < 4.78 is 37.3. The fourth-order valence-corrected chi connectivity index (χ4v) is 4.74. The van der Waals surface area contributed by atoms with E-state index in [-0.39, 0.29) is 17.3 Å². The Morgan fingerprint density at radius 1 is 1.50 bits per heavy atom. The summed E-state index contributed by atoms with van der Waals surface area (Å²) in [5, 5.41) is 0. The topological polar surface area (TPSA) is 68.7 Å². The highest BCUT2D eigenvalue weighted by molar-refractivity contribution is 7.89. The highest BCUT2D eigenvalue weighted by Gasteiger charge is 2.56. The van der Waals surface area contributed by atoms with Gasteiger partial charge >= 0.3 is 0 Å². The van der Waals surface area contributed by atoms with Crippen molar-refractivity contribution in [1.82, 2.24) is 9.29 Å². The van der Waals surface area contributed by atoms with E-state index in [0.717, 1.165) is 12.2 Å². The second-order valence-corrected chi connectivity index (χ2v) is 8.07. The quantitative estimate of drug-likeness (QED) is 0.788. The molecule has 0 bridgehead atoms. The van der Waals surface area contributed by atoms with Crippen LogP contribution in [0.1, 0.15) is 19.8 Å². The molecule has 2 fully saturated rings. The van der Waals surface area contributed by atoms with E-state index in [1.54, 1.807) is 16.7 Å². The van der Waals surface area contributed by atoms with Gasteiger partial charge in [0, 0.05) is 31.8 Å². The normalized spacial score (nSPS) is 24.3. The van der Waals surface area contributed by atoms with E-state index in [2.05, 4.69) is 4.98 Å². The summed E-state index contributed by atoms with van der Waals surface area (Å²) in [5.74, 6) is 1.17. The smallest absolute Gasteiger partial charge is 0.214 e. The molecule has 1 spiro atoms. The molecule has 2 aliphatic heterocycles. The zero-order valence-corrected chi connectivity index (χ0v) is 13.6. The van der Waals surface area contributed by atoms with Gasteiger partial charge in [-0.2, -0.15) is 4.31 Å². The van der Waals surface area contributed by atoms with Crippen LogP contribution in [0, 0.1) is 5.92 Å². The third-order valence-corrected chi connectivity index (χ3v) is 6.40. The van der Waals surface area contributed by atoms with Crippen molar-refractivity contribution >= 4 is 10.0 Å². The molecule has 0 unspecified atom stereocenters. The Labute approximate surface area is 131 Å². The third-order valence-electron chi connectivity index (χ3n) is 4.43. The van der Waals surface area contributed by atoms with Crippen LogP contribution in [0.25, 0.3) is 0 Å². The van der Waals surface area contributed by atoms with E-state index in [1.165, 1.54) is 0 Å². The Morgan fingerprint density at radius 3 is 3.00 bits per heavy atom. The first-order valence-electron chi connectivity index (χ1n) is 7.70. The Balaban J connectivity index is 1.58. The third kappa shape index (κ3) is 2.98. The minimum atomic E-state index is -3.13. The van der Waals surface area contributed by atoms with E-state index in [9.17, 15) is 8.42 Å². The van der Waals surface area contributed by atoms with Gasteiger partial charge in [0.25, 0.3) is 0 Å². The Bertz CT molecular complexity index is 599. The number of hydrogen-bond acceptors (Lipinski definition) is 5. The van der Waals surface area contributed by atoms with Crippen LogP contribution in [0.15, 0.2) is 24.5 Å². The number of rotatable bonds is 6. The van der Waals surface area contributed by atoms with Gasteiger partial charge in [-0.05, 0) is 25.0 Å². The molecule has 1 aromatic rings. The largest absolute Gasteiger partial charge is 0.492 e. The molecule has 0 N–H and O–H groups in total. The SMILES string of the molecule is CCCS(=O)(=O)N1CC2(C1)OCC[C@H]2COc1cccnc1. The summed E-state index contributed by atoms with van der Waals surface area (Å²) in [6, 6.07) is 3.70. The van der Waals surface area contributed by atoms with Crippen LogP contribution in [0.5, 0.6) is 5.75 Å². The average molecular weight is 326 g/mol. The molecule has 0 saturated carbocycles. The highest BCUT2D eigenvalue weighted by atomic mass is 32.2. The maximum Gasteiger partial charge on any atom is 0.214 e. The predicted octanol–water partition coefficient (Wildman–Crippen LogP) is 1.29. The van der Waals surface area contributed by atoms with E-state index >= 15 is 0 Å². The molecule has 1 aromatic heterocycles.